The zero-order valence-electron chi connectivity index (χ0n) is 15.3. The number of carbonyl (C=O) groups is 3. The summed E-state index contributed by atoms with van der Waals surface area (Å²) in [6.07, 6.45) is 0. The number of hydrogen-bond donors (Lipinski definition) is 2. The van der Waals surface area contributed by atoms with E-state index >= 15 is 0 Å². The van der Waals surface area contributed by atoms with Crippen LogP contribution in [0.2, 0.25) is 0 Å². The Hall–Kier alpha value is -2.41. The second-order valence-electron chi connectivity index (χ2n) is 6.94. The highest BCUT2D eigenvalue weighted by Gasteiger charge is 2.39. The summed E-state index contributed by atoms with van der Waals surface area (Å²) < 4.78 is 0. The standard InChI is InChI=1S/C18H26N4O3/c1-13(23)19-14-6-5-7-15(12-14)20-16(24)18(2,3)17(25)22-10-8-21(4)9-11-22/h5-7,12H,8-11H2,1-4H3,(H,19,23)(H,20,24). The first kappa shape index (κ1) is 18.9. The van der Waals surface area contributed by atoms with Crippen LogP contribution in [0.5, 0.6) is 0 Å². The molecule has 1 aliphatic rings. The van der Waals surface area contributed by atoms with Gasteiger partial charge in [-0.25, -0.2) is 0 Å². The molecule has 2 rings (SSSR count). The van der Waals surface area contributed by atoms with E-state index in [1.54, 1.807) is 43.0 Å². The third kappa shape index (κ3) is 4.79. The maximum atomic E-state index is 12.8. The van der Waals surface area contributed by atoms with Gasteiger partial charge in [0.05, 0.1) is 0 Å². The van der Waals surface area contributed by atoms with E-state index in [9.17, 15) is 14.4 Å². The number of nitrogens with zero attached hydrogens (tertiary/aromatic N) is 2. The number of amides is 3. The first-order chi connectivity index (χ1) is 11.7. The molecule has 7 nitrogen and oxygen atoms in total. The first-order valence-corrected chi connectivity index (χ1v) is 8.37. The van der Waals surface area contributed by atoms with Gasteiger partial charge >= 0.3 is 0 Å². The van der Waals surface area contributed by atoms with Crippen LogP contribution in [0, 0.1) is 5.41 Å². The number of rotatable bonds is 4. The third-order valence-corrected chi connectivity index (χ3v) is 4.33. The molecular formula is C18H26N4O3. The van der Waals surface area contributed by atoms with Gasteiger partial charge < -0.3 is 20.4 Å². The Kier molecular flexibility index (Phi) is 5.79. The highest BCUT2D eigenvalue weighted by molar-refractivity contribution is 6.10. The Morgan fingerprint density at radius 3 is 2.12 bits per heavy atom. The lowest BCUT2D eigenvalue weighted by Gasteiger charge is -2.36. The van der Waals surface area contributed by atoms with Gasteiger partial charge in [0.1, 0.15) is 5.41 Å². The lowest BCUT2D eigenvalue weighted by Crippen LogP contribution is -2.53. The molecule has 0 unspecified atom stereocenters. The van der Waals surface area contributed by atoms with Crippen molar-refractivity contribution in [3.05, 3.63) is 24.3 Å². The Labute approximate surface area is 148 Å². The van der Waals surface area contributed by atoms with Crippen molar-refractivity contribution in [1.82, 2.24) is 9.80 Å². The van der Waals surface area contributed by atoms with E-state index in [1.807, 2.05) is 7.05 Å². The lowest BCUT2D eigenvalue weighted by molar-refractivity contribution is -0.147. The molecule has 136 valence electrons. The minimum atomic E-state index is -1.17. The molecule has 2 N–H and O–H groups in total. The van der Waals surface area contributed by atoms with Gasteiger partial charge in [-0.1, -0.05) is 6.07 Å². The predicted octanol–water partition coefficient (Wildman–Crippen LogP) is 1.38. The first-order valence-electron chi connectivity index (χ1n) is 8.37. The molecule has 0 saturated carbocycles. The van der Waals surface area contributed by atoms with Crippen molar-refractivity contribution in [3.8, 4) is 0 Å². The average Bonchev–Trinajstić information content (AvgIpc) is 2.54. The van der Waals surface area contributed by atoms with E-state index in [1.165, 1.54) is 6.92 Å². The molecule has 0 atom stereocenters. The van der Waals surface area contributed by atoms with Crippen molar-refractivity contribution in [2.45, 2.75) is 20.8 Å². The van der Waals surface area contributed by atoms with E-state index in [0.29, 0.717) is 24.5 Å². The van der Waals surface area contributed by atoms with Crippen LogP contribution in [0.25, 0.3) is 0 Å². The van der Waals surface area contributed by atoms with Crippen LogP contribution in [0.1, 0.15) is 20.8 Å². The summed E-state index contributed by atoms with van der Waals surface area (Å²) in [6, 6.07) is 6.85. The third-order valence-electron chi connectivity index (χ3n) is 4.33. The molecule has 1 aliphatic heterocycles. The molecule has 0 radical (unpaired) electrons. The van der Waals surface area contributed by atoms with Crippen LogP contribution in [0.4, 0.5) is 11.4 Å². The van der Waals surface area contributed by atoms with Crippen molar-refractivity contribution in [1.29, 1.82) is 0 Å². The molecule has 1 saturated heterocycles. The average molecular weight is 346 g/mol. The van der Waals surface area contributed by atoms with E-state index in [-0.39, 0.29) is 17.7 Å². The molecule has 1 aromatic rings. The number of nitrogens with one attached hydrogen (secondary N) is 2. The zero-order valence-corrected chi connectivity index (χ0v) is 15.3. The van der Waals surface area contributed by atoms with Gasteiger partial charge in [-0.3, -0.25) is 14.4 Å². The maximum absolute atomic E-state index is 12.8. The number of hydrogen-bond acceptors (Lipinski definition) is 4. The van der Waals surface area contributed by atoms with Crippen LogP contribution in [-0.2, 0) is 14.4 Å². The van der Waals surface area contributed by atoms with Crippen molar-refractivity contribution >= 4 is 29.1 Å². The van der Waals surface area contributed by atoms with E-state index in [2.05, 4.69) is 15.5 Å². The summed E-state index contributed by atoms with van der Waals surface area (Å²) >= 11 is 0. The smallest absolute Gasteiger partial charge is 0.239 e. The minimum absolute atomic E-state index is 0.170. The van der Waals surface area contributed by atoms with Crippen LogP contribution >= 0.6 is 0 Å². The SMILES string of the molecule is CC(=O)Nc1cccc(NC(=O)C(C)(C)C(=O)N2CCN(C)CC2)c1. The fraction of sp³-hybridized carbons (Fsp3) is 0.500. The Morgan fingerprint density at radius 2 is 1.56 bits per heavy atom. The van der Waals surface area contributed by atoms with Crippen LogP contribution < -0.4 is 10.6 Å². The molecule has 0 aromatic heterocycles. The molecule has 0 bridgehead atoms. The van der Waals surface area contributed by atoms with Crippen molar-refractivity contribution < 1.29 is 14.4 Å². The van der Waals surface area contributed by atoms with Crippen LogP contribution in [0.15, 0.2) is 24.3 Å². The van der Waals surface area contributed by atoms with Crippen LogP contribution in [-0.4, -0.2) is 60.7 Å². The molecular weight excluding hydrogens is 320 g/mol. The van der Waals surface area contributed by atoms with Crippen molar-refractivity contribution in [2.24, 2.45) is 5.41 Å². The monoisotopic (exact) mass is 346 g/mol. The molecule has 25 heavy (non-hydrogen) atoms. The highest BCUT2D eigenvalue weighted by Crippen LogP contribution is 2.24. The number of piperazine rings is 1. The van der Waals surface area contributed by atoms with Crippen molar-refractivity contribution in [3.63, 3.8) is 0 Å². The Morgan fingerprint density at radius 1 is 1.00 bits per heavy atom. The summed E-state index contributed by atoms with van der Waals surface area (Å²) in [7, 11) is 2.02. The van der Waals surface area contributed by atoms with Gasteiger partial charge in [0.25, 0.3) is 0 Å². The van der Waals surface area contributed by atoms with Gasteiger partial charge in [0, 0.05) is 44.5 Å². The normalized spacial score (nSPS) is 15.6. The predicted molar refractivity (Wildman–Crippen MR) is 97.2 cm³/mol. The summed E-state index contributed by atoms with van der Waals surface area (Å²) in [5.41, 5.74) is -0.0380. The van der Waals surface area contributed by atoms with E-state index < -0.39 is 5.41 Å². The van der Waals surface area contributed by atoms with Crippen molar-refractivity contribution in [2.75, 3.05) is 43.9 Å². The fourth-order valence-electron chi connectivity index (χ4n) is 2.67. The number of anilines is 2. The minimum Gasteiger partial charge on any atom is -0.339 e. The second kappa shape index (κ2) is 7.65. The quantitative estimate of drug-likeness (QED) is 0.807. The van der Waals surface area contributed by atoms with E-state index in [4.69, 9.17) is 0 Å². The number of carbonyl (C=O) groups excluding carboxylic acids is 3. The molecule has 7 heteroatoms. The van der Waals surface area contributed by atoms with Gasteiger partial charge in [0.15, 0.2) is 0 Å². The Balaban J connectivity index is 2.05. The van der Waals surface area contributed by atoms with Gasteiger partial charge in [-0.05, 0) is 39.1 Å². The molecule has 0 spiro atoms. The van der Waals surface area contributed by atoms with E-state index in [0.717, 1.165) is 13.1 Å². The summed E-state index contributed by atoms with van der Waals surface area (Å²) in [5, 5.41) is 5.44. The second-order valence-corrected chi connectivity index (χ2v) is 6.94. The lowest BCUT2D eigenvalue weighted by atomic mass is 9.89. The van der Waals surface area contributed by atoms with Gasteiger partial charge in [0.2, 0.25) is 17.7 Å². The Bertz CT molecular complexity index is 664. The maximum Gasteiger partial charge on any atom is 0.239 e. The molecule has 1 heterocycles. The molecule has 1 fully saturated rings. The summed E-state index contributed by atoms with van der Waals surface area (Å²) in [5.74, 6) is -0.721. The summed E-state index contributed by atoms with van der Waals surface area (Å²) in [6.45, 7) is 7.57. The van der Waals surface area contributed by atoms with Gasteiger partial charge in [-0.2, -0.15) is 0 Å². The summed E-state index contributed by atoms with van der Waals surface area (Å²) in [4.78, 5) is 40.5. The fourth-order valence-corrected chi connectivity index (χ4v) is 2.67. The number of likely N-dealkylation sites (N-methyl/N-ethyl adjacent to an activating group) is 1. The number of benzene rings is 1. The molecule has 3 amide bonds. The highest BCUT2D eigenvalue weighted by atomic mass is 16.2. The largest absolute Gasteiger partial charge is 0.339 e. The van der Waals surface area contributed by atoms with Gasteiger partial charge in [-0.15, -0.1) is 0 Å². The topological polar surface area (TPSA) is 81.8 Å². The van der Waals surface area contributed by atoms with Crippen LogP contribution in [0.3, 0.4) is 0 Å². The molecule has 1 aromatic carbocycles. The molecule has 0 aliphatic carbocycles. The zero-order chi connectivity index (χ0) is 18.6.